The summed E-state index contributed by atoms with van der Waals surface area (Å²) in [5.74, 6) is -0.312. The Hall–Kier alpha value is -1.08. The van der Waals surface area contributed by atoms with Gasteiger partial charge in [0, 0.05) is 13.0 Å². The Kier molecular flexibility index (Phi) is 3.35. The molecule has 1 atom stereocenters. The van der Waals surface area contributed by atoms with Crippen LogP contribution in [-0.2, 0) is 9.53 Å². The third kappa shape index (κ3) is 2.93. The van der Waals surface area contributed by atoms with Gasteiger partial charge in [-0.2, -0.15) is 5.26 Å². The first kappa shape index (κ1) is 12.0. The molecule has 15 heavy (non-hydrogen) atoms. The summed E-state index contributed by atoms with van der Waals surface area (Å²) in [6.07, 6.45) is 1.49. The third-order valence-corrected chi connectivity index (χ3v) is 2.45. The first-order chi connectivity index (χ1) is 6.90. The molecule has 0 bridgehead atoms. The Bertz CT molecular complexity index is 280. The molecule has 0 spiro atoms. The molecule has 0 aliphatic carbocycles. The van der Waals surface area contributed by atoms with Crippen molar-refractivity contribution in [1.29, 1.82) is 5.26 Å². The van der Waals surface area contributed by atoms with E-state index in [-0.39, 0.29) is 5.97 Å². The van der Waals surface area contributed by atoms with Gasteiger partial charge < -0.3 is 10.1 Å². The van der Waals surface area contributed by atoms with Gasteiger partial charge in [-0.05, 0) is 33.7 Å². The highest BCUT2D eigenvalue weighted by Crippen LogP contribution is 2.25. The first-order valence-corrected chi connectivity index (χ1v) is 5.25. The topological polar surface area (TPSA) is 62.1 Å². The van der Waals surface area contributed by atoms with E-state index in [1.165, 1.54) is 0 Å². The minimum atomic E-state index is -0.956. The number of nitrogens with zero attached hydrogens (tertiary/aromatic N) is 1. The van der Waals surface area contributed by atoms with Crippen LogP contribution >= 0.6 is 0 Å². The van der Waals surface area contributed by atoms with E-state index in [4.69, 9.17) is 10.00 Å². The van der Waals surface area contributed by atoms with Crippen LogP contribution in [0.1, 0.15) is 33.6 Å². The summed E-state index contributed by atoms with van der Waals surface area (Å²) in [6, 6.07) is 2.11. The van der Waals surface area contributed by atoms with Crippen LogP contribution in [0.15, 0.2) is 0 Å². The van der Waals surface area contributed by atoms with E-state index in [1.54, 1.807) is 20.8 Å². The Morgan fingerprint density at radius 2 is 2.20 bits per heavy atom. The largest absolute Gasteiger partial charge is 0.442 e. The molecular formula is C11H18N2O2. The van der Waals surface area contributed by atoms with E-state index in [0.717, 1.165) is 13.0 Å². The smallest absolute Gasteiger partial charge is 0.312 e. The van der Waals surface area contributed by atoms with Crippen LogP contribution in [0.3, 0.4) is 0 Å². The van der Waals surface area contributed by atoms with E-state index < -0.39 is 11.0 Å². The summed E-state index contributed by atoms with van der Waals surface area (Å²) in [5.41, 5.74) is -1.51. The van der Waals surface area contributed by atoms with Crippen LogP contribution in [0.4, 0.5) is 0 Å². The minimum absolute atomic E-state index is 0.312. The lowest BCUT2D eigenvalue weighted by atomic mass is 9.93. The monoisotopic (exact) mass is 210 g/mol. The molecule has 0 aromatic rings. The molecule has 0 aromatic heterocycles. The highest BCUT2D eigenvalue weighted by molar-refractivity contribution is 5.76. The zero-order valence-corrected chi connectivity index (χ0v) is 9.59. The molecule has 1 fully saturated rings. The maximum absolute atomic E-state index is 11.7. The van der Waals surface area contributed by atoms with Crippen LogP contribution in [0, 0.1) is 16.7 Å². The molecule has 1 aliphatic rings. The van der Waals surface area contributed by atoms with E-state index in [0.29, 0.717) is 13.0 Å². The lowest BCUT2D eigenvalue weighted by Gasteiger charge is -2.33. The standard InChI is InChI=1S/C11H18N2O2/c1-10(2,3)9(14)15-11(7-12)5-4-6-13-8-11/h13H,4-6,8H2,1-3H3. The SMILES string of the molecule is CC(C)(C)C(=O)OC1(C#N)CCCNC1. The molecule has 0 aromatic carbocycles. The number of nitrogens with one attached hydrogen (secondary N) is 1. The van der Waals surface area contributed by atoms with Gasteiger partial charge in [0.2, 0.25) is 5.60 Å². The summed E-state index contributed by atoms with van der Waals surface area (Å²) < 4.78 is 5.33. The van der Waals surface area contributed by atoms with Crippen LogP contribution in [0.25, 0.3) is 0 Å². The molecule has 1 heterocycles. The van der Waals surface area contributed by atoms with Gasteiger partial charge in [-0.3, -0.25) is 4.79 Å². The van der Waals surface area contributed by atoms with Crippen molar-refractivity contribution >= 4 is 5.97 Å². The van der Waals surface area contributed by atoms with Crippen molar-refractivity contribution in [2.24, 2.45) is 5.41 Å². The maximum atomic E-state index is 11.7. The average molecular weight is 210 g/mol. The van der Waals surface area contributed by atoms with Crippen molar-refractivity contribution in [2.45, 2.75) is 39.2 Å². The van der Waals surface area contributed by atoms with Crippen LogP contribution < -0.4 is 5.32 Å². The van der Waals surface area contributed by atoms with Crippen molar-refractivity contribution in [3.05, 3.63) is 0 Å². The summed E-state index contributed by atoms with van der Waals surface area (Å²) in [6.45, 7) is 6.69. The lowest BCUT2D eigenvalue weighted by Crippen LogP contribution is -2.49. The molecule has 0 amide bonds. The second-order valence-corrected chi connectivity index (χ2v) is 5.03. The Balaban J connectivity index is 2.69. The molecule has 1 rings (SSSR count). The number of nitriles is 1. The first-order valence-electron chi connectivity index (χ1n) is 5.25. The number of hydrogen-bond donors (Lipinski definition) is 1. The van der Waals surface area contributed by atoms with Gasteiger partial charge in [-0.15, -0.1) is 0 Å². The molecule has 1 aliphatic heterocycles. The number of esters is 1. The summed E-state index contributed by atoms with van der Waals surface area (Å²) in [4.78, 5) is 11.7. The Labute approximate surface area is 90.6 Å². The highest BCUT2D eigenvalue weighted by Gasteiger charge is 2.39. The predicted molar refractivity (Wildman–Crippen MR) is 56.0 cm³/mol. The maximum Gasteiger partial charge on any atom is 0.312 e. The summed E-state index contributed by atoms with van der Waals surface area (Å²) in [5, 5.41) is 12.2. The Morgan fingerprint density at radius 3 is 2.60 bits per heavy atom. The van der Waals surface area contributed by atoms with Gasteiger partial charge in [-0.1, -0.05) is 0 Å². The zero-order valence-electron chi connectivity index (χ0n) is 9.59. The number of carbonyl (C=O) groups is 1. The van der Waals surface area contributed by atoms with Crippen molar-refractivity contribution < 1.29 is 9.53 Å². The van der Waals surface area contributed by atoms with E-state index in [9.17, 15) is 4.79 Å². The number of ether oxygens (including phenoxy) is 1. The molecule has 84 valence electrons. The van der Waals surface area contributed by atoms with Crippen molar-refractivity contribution in [3.8, 4) is 6.07 Å². The van der Waals surface area contributed by atoms with Gasteiger partial charge in [0.05, 0.1) is 5.41 Å². The minimum Gasteiger partial charge on any atom is -0.442 e. The van der Waals surface area contributed by atoms with Crippen LogP contribution in [0.5, 0.6) is 0 Å². The molecule has 1 unspecified atom stereocenters. The lowest BCUT2D eigenvalue weighted by molar-refractivity contribution is -0.165. The summed E-state index contributed by atoms with van der Waals surface area (Å²) in [7, 11) is 0. The van der Waals surface area contributed by atoms with E-state index >= 15 is 0 Å². The zero-order chi connectivity index (χ0) is 11.5. The molecular weight excluding hydrogens is 192 g/mol. The molecule has 0 saturated carbocycles. The third-order valence-electron chi connectivity index (χ3n) is 2.45. The van der Waals surface area contributed by atoms with Gasteiger partial charge in [0.1, 0.15) is 6.07 Å². The Morgan fingerprint density at radius 1 is 1.53 bits per heavy atom. The fraction of sp³-hybridized carbons (Fsp3) is 0.818. The van der Waals surface area contributed by atoms with Gasteiger partial charge in [-0.25, -0.2) is 0 Å². The molecule has 1 N–H and O–H groups in total. The van der Waals surface area contributed by atoms with Crippen molar-refractivity contribution in [2.75, 3.05) is 13.1 Å². The second-order valence-electron chi connectivity index (χ2n) is 5.03. The quantitative estimate of drug-likeness (QED) is 0.661. The summed E-state index contributed by atoms with van der Waals surface area (Å²) >= 11 is 0. The van der Waals surface area contributed by atoms with Crippen molar-refractivity contribution in [1.82, 2.24) is 5.32 Å². The fourth-order valence-electron chi connectivity index (χ4n) is 1.41. The van der Waals surface area contributed by atoms with Crippen LogP contribution in [-0.4, -0.2) is 24.7 Å². The molecule has 1 saturated heterocycles. The number of piperidine rings is 1. The number of rotatable bonds is 1. The van der Waals surface area contributed by atoms with E-state index in [2.05, 4.69) is 11.4 Å². The molecule has 0 radical (unpaired) electrons. The normalized spacial score (nSPS) is 26.8. The fourth-order valence-corrected chi connectivity index (χ4v) is 1.41. The number of carbonyl (C=O) groups excluding carboxylic acids is 1. The molecule has 4 heteroatoms. The average Bonchev–Trinajstić information content (AvgIpc) is 2.18. The van der Waals surface area contributed by atoms with Gasteiger partial charge in [0.25, 0.3) is 0 Å². The molecule has 4 nitrogen and oxygen atoms in total. The highest BCUT2D eigenvalue weighted by atomic mass is 16.6. The van der Waals surface area contributed by atoms with Crippen molar-refractivity contribution in [3.63, 3.8) is 0 Å². The van der Waals surface area contributed by atoms with Gasteiger partial charge >= 0.3 is 5.97 Å². The number of hydrogen-bond acceptors (Lipinski definition) is 4. The second kappa shape index (κ2) is 4.19. The van der Waals surface area contributed by atoms with Gasteiger partial charge in [0.15, 0.2) is 0 Å². The van der Waals surface area contributed by atoms with E-state index in [1.807, 2.05) is 0 Å². The van der Waals surface area contributed by atoms with Crippen LogP contribution in [0.2, 0.25) is 0 Å². The predicted octanol–water partition coefficient (Wildman–Crippen LogP) is 1.22.